The van der Waals surface area contributed by atoms with Crippen LogP contribution in [0, 0.1) is 5.92 Å². The molecule has 0 bridgehead atoms. The van der Waals surface area contributed by atoms with Crippen LogP contribution in [-0.4, -0.2) is 24.6 Å². The number of nitrogens with one attached hydrogen (secondary N) is 1. The first-order valence-electron chi connectivity index (χ1n) is 6.96. The molecule has 4 nitrogen and oxygen atoms in total. The van der Waals surface area contributed by atoms with Crippen molar-refractivity contribution in [2.45, 2.75) is 53.1 Å². The maximum absolute atomic E-state index is 5.54. The molecule has 0 aliphatic heterocycles. The van der Waals surface area contributed by atoms with E-state index in [2.05, 4.69) is 49.9 Å². The second-order valence-corrected chi connectivity index (χ2v) is 5.23. The molecule has 0 saturated carbocycles. The average Bonchev–Trinajstić information content (AvgIpc) is 2.78. The predicted molar refractivity (Wildman–Crippen MR) is 75.8 cm³/mol. The van der Waals surface area contributed by atoms with Crippen LogP contribution in [0.2, 0.25) is 0 Å². The molecule has 0 amide bonds. The molecule has 0 atom stereocenters. The van der Waals surface area contributed by atoms with E-state index in [1.54, 1.807) is 6.26 Å². The Labute approximate surface area is 111 Å². The Bertz CT molecular complexity index is 332. The maximum atomic E-state index is 5.54. The number of oxazole rings is 1. The van der Waals surface area contributed by atoms with Crippen molar-refractivity contribution in [3.05, 3.63) is 12.0 Å². The normalized spacial score (nSPS) is 11.5. The molecular formula is C14H27N3O. The summed E-state index contributed by atoms with van der Waals surface area (Å²) in [6, 6.07) is 1.23. The van der Waals surface area contributed by atoms with Crippen molar-refractivity contribution in [3.8, 4) is 0 Å². The highest BCUT2D eigenvalue weighted by Crippen LogP contribution is 2.17. The van der Waals surface area contributed by atoms with Crippen molar-refractivity contribution in [1.29, 1.82) is 0 Å². The van der Waals surface area contributed by atoms with Gasteiger partial charge >= 0.3 is 0 Å². The summed E-state index contributed by atoms with van der Waals surface area (Å²) in [7, 11) is 2.05. The molecule has 1 aromatic heterocycles. The Hall–Kier alpha value is -1.03. The number of nitrogens with zero attached hydrogens (tertiary/aromatic N) is 2. The predicted octanol–water partition coefficient (Wildman–Crippen LogP) is 3.05. The highest BCUT2D eigenvalue weighted by molar-refractivity contribution is 5.27. The van der Waals surface area contributed by atoms with Gasteiger partial charge in [-0.05, 0) is 25.3 Å². The summed E-state index contributed by atoms with van der Waals surface area (Å²) in [5.74, 6) is 0.656. The van der Waals surface area contributed by atoms with Crippen molar-refractivity contribution in [3.63, 3.8) is 0 Å². The second kappa shape index (κ2) is 7.41. The fourth-order valence-corrected chi connectivity index (χ4v) is 2.02. The molecule has 0 fully saturated rings. The summed E-state index contributed by atoms with van der Waals surface area (Å²) in [4.78, 5) is 6.65. The Balaban J connectivity index is 2.51. The van der Waals surface area contributed by atoms with Crippen molar-refractivity contribution >= 4 is 6.01 Å². The van der Waals surface area contributed by atoms with Gasteiger partial charge in [0.15, 0.2) is 0 Å². The van der Waals surface area contributed by atoms with Gasteiger partial charge in [-0.15, -0.1) is 0 Å². The van der Waals surface area contributed by atoms with Gasteiger partial charge in [-0.25, -0.2) is 0 Å². The fraction of sp³-hybridized carbons (Fsp3) is 0.786. The largest absolute Gasteiger partial charge is 0.432 e. The number of anilines is 1. The second-order valence-electron chi connectivity index (χ2n) is 5.23. The monoisotopic (exact) mass is 253 g/mol. The van der Waals surface area contributed by atoms with Crippen LogP contribution in [0.25, 0.3) is 0 Å². The fourth-order valence-electron chi connectivity index (χ4n) is 2.02. The van der Waals surface area contributed by atoms with E-state index in [4.69, 9.17) is 4.42 Å². The molecule has 1 heterocycles. The first-order chi connectivity index (χ1) is 8.58. The van der Waals surface area contributed by atoms with Crippen LogP contribution in [-0.2, 0) is 6.54 Å². The Morgan fingerprint density at radius 2 is 2.00 bits per heavy atom. The summed E-state index contributed by atoms with van der Waals surface area (Å²) >= 11 is 0. The van der Waals surface area contributed by atoms with Gasteiger partial charge in [0.2, 0.25) is 0 Å². The van der Waals surface area contributed by atoms with Crippen molar-refractivity contribution < 1.29 is 4.42 Å². The maximum Gasteiger partial charge on any atom is 0.297 e. The molecule has 1 rings (SSSR count). The molecule has 0 spiro atoms. The van der Waals surface area contributed by atoms with E-state index >= 15 is 0 Å². The molecular weight excluding hydrogens is 226 g/mol. The van der Waals surface area contributed by atoms with Gasteiger partial charge < -0.3 is 14.6 Å². The van der Waals surface area contributed by atoms with Crippen LogP contribution in [0.1, 0.15) is 46.2 Å². The number of aromatic nitrogens is 1. The lowest BCUT2D eigenvalue weighted by atomic mass is 10.1. The molecule has 0 unspecified atom stereocenters. The van der Waals surface area contributed by atoms with E-state index < -0.39 is 0 Å². The molecule has 4 heteroatoms. The molecule has 0 aromatic carbocycles. The van der Waals surface area contributed by atoms with Gasteiger partial charge in [-0.3, -0.25) is 0 Å². The Morgan fingerprint density at radius 3 is 2.56 bits per heavy atom. The van der Waals surface area contributed by atoms with E-state index in [0.717, 1.165) is 37.6 Å². The summed E-state index contributed by atoms with van der Waals surface area (Å²) in [5, 5.41) is 3.37. The van der Waals surface area contributed by atoms with Crippen molar-refractivity contribution in [2.24, 2.45) is 5.92 Å². The van der Waals surface area contributed by atoms with E-state index in [9.17, 15) is 0 Å². The zero-order valence-electron chi connectivity index (χ0n) is 12.4. The third-order valence-electron chi connectivity index (χ3n) is 3.19. The number of hydrogen-bond donors (Lipinski definition) is 1. The molecule has 0 aliphatic rings. The van der Waals surface area contributed by atoms with Gasteiger partial charge in [0.25, 0.3) is 6.01 Å². The van der Waals surface area contributed by atoms with Gasteiger partial charge in [-0.2, -0.15) is 4.98 Å². The van der Waals surface area contributed by atoms with Crippen LogP contribution in [0.15, 0.2) is 10.7 Å². The summed E-state index contributed by atoms with van der Waals surface area (Å²) in [6.07, 6.45) is 3.97. The van der Waals surface area contributed by atoms with E-state index in [0.29, 0.717) is 12.0 Å². The molecule has 0 radical (unpaired) electrons. The minimum atomic E-state index is 0.500. The zero-order valence-corrected chi connectivity index (χ0v) is 12.4. The average molecular weight is 253 g/mol. The van der Waals surface area contributed by atoms with Crippen LogP contribution in [0.5, 0.6) is 0 Å². The summed E-state index contributed by atoms with van der Waals surface area (Å²) in [6.45, 7) is 10.6. The lowest BCUT2D eigenvalue weighted by Crippen LogP contribution is -2.30. The van der Waals surface area contributed by atoms with Gasteiger partial charge in [0.05, 0.1) is 5.69 Å². The molecule has 0 aliphatic carbocycles. The van der Waals surface area contributed by atoms with Gasteiger partial charge in [0, 0.05) is 19.6 Å². The summed E-state index contributed by atoms with van der Waals surface area (Å²) < 4.78 is 5.54. The number of rotatable bonds is 8. The lowest BCUT2D eigenvalue weighted by molar-refractivity contribution is 0.495. The molecule has 1 aromatic rings. The van der Waals surface area contributed by atoms with Gasteiger partial charge in [-0.1, -0.05) is 27.7 Å². The SMILES string of the molecule is CCC(CC)N(C)c1nc(CNCC(C)C)co1. The first kappa shape index (κ1) is 15.0. The molecule has 0 saturated heterocycles. The van der Waals surface area contributed by atoms with E-state index in [1.807, 2.05) is 0 Å². The van der Waals surface area contributed by atoms with Crippen LogP contribution >= 0.6 is 0 Å². The van der Waals surface area contributed by atoms with E-state index in [1.165, 1.54) is 0 Å². The Kier molecular flexibility index (Phi) is 6.19. The first-order valence-corrected chi connectivity index (χ1v) is 6.96. The smallest absolute Gasteiger partial charge is 0.297 e. The third-order valence-corrected chi connectivity index (χ3v) is 3.19. The Morgan fingerprint density at radius 1 is 1.33 bits per heavy atom. The zero-order chi connectivity index (χ0) is 13.5. The molecule has 1 N–H and O–H groups in total. The topological polar surface area (TPSA) is 41.3 Å². The van der Waals surface area contributed by atoms with Crippen molar-refractivity contribution in [2.75, 3.05) is 18.5 Å². The third kappa shape index (κ3) is 4.33. The highest BCUT2D eigenvalue weighted by Gasteiger charge is 2.15. The van der Waals surface area contributed by atoms with Crippen LogP contribution < -0.4 is 10.2 Å². The quantitative estimate of drug-likeness (QED) is 0.773. The minimum absolute atomic E-state index is 0.500. The number of hydrogen-bond acceptors (Lipinski definition) is 4. The van der Waals surface area contributed by atoms with Crippen LogP contribution in [0.4, 0.5) is 6.01 Å². The summed E-state index contributed by atoms with van der Waals surface area (Å²) in [5.41, 5.74) is 0.975. The van der Waals surface area contributed by atoms with Crippen LogP contribution in [0.3, 0.4) is 0 Å². The molecule has 18 heavy (non-hydrogen) atoms. The molecule has 104 valence electrons. The standard InChI is InChI=1S/C14H27N3O/c1-6-13(7-2)17(5)14-16-12(10-18-14)9-15-8-11(3)4/h10-11,13,15H,6-9H2,1-5H3. The van der Waals surface area contributed by atoms with E-state index in [-0.39, 0.29) is 0 Å². The minimum Gasteiger partial charge on any atom is -0.432 e. The van der Waals surface area contributed by atoms with Crippen molar-refractivity contribution in [1.82, 2.24) is 10.3 Å². The lowest BCUT2D eigenvalue weighted by Gasteiger charge is -2.24. The van der Waals surface area contributed by atoms with Gasteiger partial charge in [0.1, 0.15) is 6.26 Å². The highest BCUT2D eigenvalue weighted by atomic mass is 16.4.